The van der Waals surface area contributed by atoms with Crippen molar-refractivity contribution >= 4 is 40.9 Å². The minimum Gasteiger partial charge on any atom is -0.342 e. The van der Waals surface area contributed by atoms with Gasteiger partial charge in [-0.25, -0.2) is 0 Å². The van der Waals surface area contributed by atoms with Crippen LogP contribution in [0.2, 0.25) is 10.0 Å². The molecule has 1 unspecified atom stereocenters. The van der Waals surface area contributed by atoms with E-state index < -0.39 is 6.04 Å². The Morgan fingerprint density at radius 1 is 0.742 bits per heavy atom. The van der Waals surface area contributed by atoms with E-state index in [2.05, 4.69) is 0 Å². The van der Waals surface area contributed by atoms with Crippen molar-refractivity contribution in [1.82, 2.24) is 14.7 Å². The van der Waals surface area contributed by atoms with E-state index >= 15 is 0 Å². The number of nitrogens with zero attached hydrogens (tertiary/aromatic N) is 3. The van der Waals surface area contributed by atoms with Gasteiger partial charge >= 0.3 is 0 Å². The predicted octanol–water partition coefficient (Wildman–Crippen LogP) is 3.85. The molecule has 3 aliphatic rings. The molecule has 0 aromatic heterocycles. The second-order valence-corrected chi connectivity index (χ2v) is 9.59. The lowest BCUT2D eigenvalue weighted by atomic mass is 9.93. The van der Waals surface area contributed by atoms with Gasteiger partial charge in [-0.2, -0.15) is 0 Å². The molecule has 168 valence electrons. The van der Waals surface area contributed by atoms with E-state index in [1.54, 1.807) is 23.1 Å². The number of piperidine rings is 2. The molecule has 3 fully saturated rings. The second-order valence-electron chi connectivity index (χ2n) is 8.77. The monoisotopic (exact) mass is 465 g/mol. The van der Waals surface area contributed by atoms with Gasteiger partial charge in [-0.3, -0.25) is 14.4 Å². The van der Waals surface area contributed by atoms with Gasteiger partial charge < -0.3 is 14.7 Å². The summed E-state index contributed by atoms with van der Waals surface area (Å²) in [5, 5.41) is 0.726. The maximum absolute atomic E-state index is 13.2. The Morgan fingerprint density at radius 2 is 1.42 bits per heavy atom. The Kier molecular flexibility index (Phi) is 7.07. The van der Waals surface area contributed by atoms with Crippen LogP contribution in [0, 0.1) is 5.92 Å². The van der Waals surface area contributed by atoms with Crippen LogP contribution < -0.4 is 0 Å². The van der Waals surface area contributed by atoms with E-state index in [1.165, 1.54) is 6.42 Å². The summed E-state index contributed by atoms with van der Waals surface area (Å²) < 4.78 is 0. The highest BCUT2D eigenvalue weighted by Gasteiger charge is 2.39. The molecule has 3 amide bonds. The lowest BCUT2D eigenvalue weighted by Crippen LogP contribution is -2.51. The fourth-order valence-electron chi connectivity index (χ4n) is 4.99. The number of carbonyl (C=O) groups excluding carboxylic acids is 3. The summed E-state index contributed by atoms with van der Waals surface area (Å²) in [4.78, 5) is 44.5. The molecule has 0 radical (unpaired) electrons. The summed E-state index contributed by atoms with van der Waals surface area (Å²) in [5.74, 6) is 0.0723. The topological polar surface area (TPSA) is 60.9 Å². The zero-order chi connectivity index (χ0) is 22.0. The number of rotatable bonds is 3. The zero-order valence-corrected chi connectivity index (χ0v) is 19.2. The van der Waals surface area contributed by atoms with Crippen LogP contribution in [-0.2, 0) is 9.59 Å². The van der Waals surface area contributed by atoms with Crippen LogP contribution in [0.3, 0.4) is 0 Å². The molecule has 1 atom stereocenters. The Bertz CT molecular complexity index is 848. The van der Waals surface area contributed by atoms with Crippen molar-refractivity contribution in [2.45, 2.75) is 51.0 Å². The zero-order valence-electron chi connectivity index (χ0n) is 17.7. The summed E-state index contributed by atoms with van der Waals surface area (Å²) in [6.07, 6.45) is 6.26. The minimum absolute atomic E-state index is 0.00483. The van der Waals surface area contributed by atoms with Gasteiger partial charge in [0.05, 0.1) is 10.0 Å². The molecule has 6 nitrogen and oxygen atoms in total. The van der Waals surface area contributed by atoms with Crippen molar-refractivity contribution in [3.8, 4) is 0 Å². The van der Waals surface area contributed by atoms with E-state index in [-0.39, 0.29) is 23.6 Å². The molecule has 1 aromatic rings. The van der Waals surface area contributed by atoms with Crippen molar-refractivity contribution < 1.29 is 14.4 Å². The molecule has 31 heavy (non-hydrogen) atoms. The third-order valence-electron chi connectivity index (χ3n) is 6.79. The van der Waals surface area contributed by atoms with Gasteiger partial charge in [-0.15, -0.1) is 0 Å². The molecule has 8 heteroatoms. The average molecular weight is 466 g/mol. The molecule has 0 aliphatic carbocycles. The number of hydrogen-bond donors (Lipinski definition) is 0. The molecule has 0 saturated carbocycles. The van der Waals surface area contributed by atoms with Crippen molar-refractivity contribution in [1.29, 1.82) is 0 Å². The molecule has 0 spiro atoms. The van der Waals surface area contributed by atoms with Crippen molar-refractivity contribution in [3.05, 3.63) is 33.8 Å². The normalized spacial score (nSPS) is 22.6. The standard InChI is InChI=1S/C23H29Cl2N3O3/c24-18-7-6-17(15-19(18)25)22(30)28-12-4-5-20(28)23(31)27-13-8-16(9-14-27)21(29)26-10-2-1-3-11-26/h6-7,15-16,20H,1-5,8-14H2. The number of hydrogen-bond acceptors (Lipinski definition) is 3. The fourth-order valence-corrected chi connectivity index (χ4v) is 5.29. The summed E-state index contributed by atoms with van der Waals surface area (Å²) in [6, 6.07) is 4.36. The smallest absolute Gasteiger partial charge is 0.254 e. The third-order valence-corrected chi connectivity index (χ3v) is 7.53. The van der Waals surface area contributed by atoms with E-state index in [1.807, 2.05) is 9.80 Å². The molecule has 0 N–H and O–H groups in total. The first-order chi connectivity index (χ1) is 15.0. The van der Waals surface area contributed by atoms with Crippen LogP contribution in [0.5, 0.6) is 0 Å². The molecule has 0 bridgehead atoms. The highest BCUT2D eigenvalue weighted by molar-refractivity contribution is 6.42. The Hall–Kier alpha value is -1.79. The first-order valence-corrected chi connectivity index (χ1v) is 12.0. The second kappa shape index (κ2) is 9.78. The number of benzene rings is 1. The Balaban J connectivity index is 1.36. The predicted molar refractivity (Wildman–Crippen MR) is 120 cm³/mol. The first-order valence-electron chi connectivity index (χ1n) is 11.3. The molecule has 3 aliphatic heterocycles. The van der Waals surface area contributed by atoms with Gasteiger partial charge in [0.1, 0.15) is 6.04 Å². The van der Waals surface area contributed by atoms with E-state index in [0.29, 0.717) is 54.5 Å². The van der Waals surface area contributed by atoms with Gasteiger partial charge in [0, 0.05) is 44.2 Å². The SMILES string of the molecule is O=C(C1CCN(C(=O)C2CCCN2C(=O)c2ccc(Cl)c(Cl)c2)CC1)N1CCCCC1. The first kappa shape index (κ1) is 22.4. The Labute approximate surface area is 193 Å². The minimum atomic E-state index is -0.448. The van der Waals surface area contributed by atoms with Gasteiger partial charge in [0.2, 0.25) is 11.8 Å². The molecule has 3 saturated heterocycles. The number of carbonyl (C=O) groups is 3. The van der Waals surface area contributed by atoms with Crippen LogP contribution in [0.4, 0.5) is 0 Å². The summed E-state index contributed by atoms with van der Waals surface area (Å²) >= 11 is 12.0. The fraction of sp³-hybridized carbons (Fsp3) is 0.609. The lowest BCUT2D eigenvalue weighted by Gasteiger charge is -2.37. The maximum atomic E-state index is 13.2. The van der Waals surface area contributed by atoms with Gasteiger partial charge in [0.15, 0.2) is 0 Å². The van der Waals surface area contributed by atoms with Crippen LogP contribution in [-0.4, -0.2) is 71.2 Å². The van der Waals surface area contributed by atoms with Crippen LogP contribution in [0.15, 0.2) is 18.2 Å². The van der Waals surface area contributed by atoms with Crippen molar-refractivity contribution in [2.24, 2.45) is 5.92 Å². The maximum Gasteiger partial charge on any atom is 0.254 e. The highest BCUT2D eigenvalue weighted by atomic mass is 35.5. The van der Waals surface area contributed by atoms with Crippen LogP contribution in [0.25, 0.3) is 0 Å². The Morgan fingerprint density at radius 3 is 2.10 bits per heavy atom. The average Bonchev–Trinajstić information content (AvgIpc) is 3.30. The summed E-state index contributed by atoms with van der Waals surface area (Å²) in [7, 11) is 0. The molecule has 4 rings (SSSR count). The molecule has 1 aromatic carbocycles. The number of amides is 3. The quantitative estimate of drug-likeness (QED) is 0.680. The largest absolute Gasteiger partial charge is 0.342 e. The number of likely N-dealkylation sites (tertiary alicyclic amines) is 3. The van der Waals surface area contributed by atoms with Gasteiger partial charge in [-0.1, -0.05) is 23.2 Å². The summed E-state index contributed by atoms with van der Waals surface area (Å²) in [6.45, 7) is 3.44. The lowest BCUT2D eigenvalue weighted by molar-refractivity contribution is -0.143. The van der Waals surface area contributed by atoms with E-state index in [9.17, 15) is 14.4 Å². The van der Waals surface area contributed by atoms with Crippen molar-refractivity contribution in [3.63, 3.8) is 0 Å². The summed E-state index contributed by atoms with van der Waals surface area (Å²) in [5.41, 5.74) is 0.444. The van der Waals surface area contributed by atoms with E-state index in [0.717, 1.165) is 32.4 Å². The van der Waals surface area contributed by atoms with Crippen LogP contribution in [0.1, 0.15) is 55.3 Å². The molecular weight excluding hydrogens is 437 g/mol. The molecule has 3 heterocycles. The van der Waals surface area contributed by atoms with Crippen LogP contribution >= 0.6 is 23.2 Å². The van der Waals surface area contributed by atoms with Crippen molar-refractivity contribution in [2.75, 3.05) is 32.7 Å². The number of halogens is 2. The molecular formula is C23H29Cl2N3O3. The van der Waals surface area contributed by atoms with E-state index in [4.69, 9.17) is 23.2 Å². The highest BCUT2D eigenvalue weighted by Crippen LogP contribution is 2.28. The third kappa shape index (κ3) is 4.85. The van der Waals surface area contributed by atoms with Gasteiger partial charge in [0.25, 0.3) is 5.91 Å². The van der Waals surface area contributed by atoms with Gasteiger partial charge in [-0.05, 0) is 63.1 Å².